The van der Waals surface area contributed by atoms with Gasteiger partial charge in [-0.3, -0.25) is 13.9 Å². The van der Waals surface area contributed by atoms with Crippen molar-refractivity contribution < 1.29 is 18.0 Å². The molecule has 31 heavy (non-hydrogen) atoms. The van der Waals surface area contributed by atoms with Gasteiger partial charge < -0.3 is 15.5 Å². The lowest BCUT2D eigenvalue weighted by Crippen LogP contribution is -2.62. The van der Waals surface area contributed by atoms with Crippen LogP contribution >= 0.6 is 0 Å². The third-order valence-corrected chi connectivity index (χ3v) is 7.56. The average molecular weight is 441 g/mol. The fourth-order valence-electron chi connectivity index (χ4n) is 4.74. The predicted molar refractivity (Wildman–Crippen MR) is 118 cm³/mol. The summed E-state index contributed by atoms with van der Waals surface area (Å²) in [6.07, 6.45) is 3.00. The lowest BCUT2D eigenvalue weighted by molar-refractivity contribution is 0.0639. The van der Waals surface area contributed by atoms with Gasteiger partial charge in [0.25, 0.3) is 11.8 Å². The minimum absolute atomic E-state index is 0.0713. The highest BCUT2D eigenvalue weighted by atomic mass is 32.2. The third kappa shape index (κ3) is 3.42. The van der Waals surface area contributed by atoms with Gasteiger partial charge in [-0.15, -0.1) is 0 Å². The molecule has 162 valence electrons. The minimum atomic E-state index is -3.31. The van der Waals surface area contributed by atoms with Crippen LogP contribution in [0.25, 0.3) is 0 Å². The number of amides is 2. The zero-order valence-corrected chi connectivity index (χ0v) is 18.0. The second-order valence-corrected chi connectivity index (χ2v) is 10.3. The maximum atomic E-state index is 13.1. The normalized spacial score (nSPS) is 19.5. The molecule has 8 nitrogen and oxygen atoms in total. The summed E-state index contributed by atoms with van der Waals surface area (Å²) in [7, 11) is -3.31. The van der Waals surface area contributed by atoms with Crippen molar-refractivity contribution >= 4 is 33.2 Å². The fraction of sp³-hybridized carbons (Fsp3) is 0.364. The van der Waals surface area contributed by atoms with Crippen LogP contribution in [-0.4, -0.2) is 56.7 Å². The van der Waals surface area contributed by atoms with Crippen molar-refractivity contribution in [2.45, 2.75) is 24.9 Å². The molecule has 1 fully saturated rings. The molecule has 0 saturated carbocycles. The fourth-order valence-corrected chi connectivity index (χ4v) is 5.70. The number of carbonyl (C=O) groups is 2. The first-order valence-electron chi connectivity index (χ1n) is 10.4. The van der Waals surface area contributed by atoms with E-state index >= 15 is 0 Å². The maximum Gasteiger partial charge on any atom is 0.255 e. The SMILES string of the molecule is CS(=O)(=O)N1CCc2cc(C(=O)N3CCC4(CC3)NC(=O)c3ccccc3N4)ccc21. The summed E-state index contributed by atoms with van der Waals surface area (Å²) in [5, 5.41) is 6.55. The van der Waals surface area contributed by atoms with Crippen LogP contribution in [0.4, 0.5) is 11.4 Å². The van der Waals surface area contributed by atoms with Gasteiger partial charge in [-0.1, -0.05) is 12.1 Å². The van der Waals surface area contributed by atoms with Crippen molar-refractivity contribution in [1.29, 1.82) is 0 Å². The summed E-state index contributed by atoms with van der Waals surface area (Å²) in [4.78, 5) is 27.4. The number of anilines is 2. The summed E-state index contributed by atoms with van der Waals surface area (Å²) < 4.78 is 25.2. The quantitative estimate of drug-likeness (QED) is 0.742. The molecule has 2 aromatic carbocycles. The Morgan fingerprint density at radius 1 is 1.03 bits per heavy atom. The Bertz CT molecular complexity index is 1190. The van der Waals surface area contributed by atoms with E-state index in [9.17, 15) is 18.0 Å². The number of benzene rings is 2. The molecule has 2 aromatic rings. The zero-order chi connectivity index (χ0) is 21.8. The Morgan fingerprint density at radius 3 is 2.52 bits per heavy atom. The maximum absolute atomic E-state index is 13.1. The highest BCUT2D eigenvalue weighted by Crippen LogP contribution is 2.33. The molecule has 2 amide bonds. The first kappa shape index (κ1) is 19.9. The van der Waals surface area contributed by atoms with Crippen molar-refractivity contribution in [2.75, 3.05) is 35.5 Å². The minimum Gasteiger partial charge on any atom is -0.362 e. The predicted octanol–water partition coefficient (Wildman–Crippen LogP) is 1.80. The Hall–Kier alpha value is -3.07. The average Bonchev–Trinajstić information content (AvgIpc) is 3.18. The summed E-state index contributed by atoms with van der Waals surface area (Å²) in [5.41, 5.74) is 3.01. The van der Waals surface area contributed by atoms with Gasteiger partial charge in [0, 0.05) is 43.7 Å². The van der Waals surface area contributed by atoms with Crippen LogP contribution in [0.15, 0.2) is 42.5 Å². The van der Waals surface area contributed by atoms with Crippen LogP contribution in [0, 0.1) is 0 Å². The number of rotatable bonds is 2. The number of carbonyl (C=O) groups excluding carboxylic acids is 2. The van der Waals surface area contributed by atoms with E-state index in [1.165, 1.54) is 10.6 Å². The van der Waals surface area contributed by atoms with Crippen molar-refractivity contribution in [3.8, 4) is 0 Å². The van der Waals surface area contributed by atoms with Gasteiger partial charge in [0.05, 0.1) is 17.5 Å². The summed E-state index contributed by atoms with van der Waals surface area (Å²) >= 11 is 0. The Labute approximate surface area is 181 Å². The number of hydrogen-bond donors (Lipinski definition) is 2. The molecule has 5 rings (SSSR count). The molecule has 9 heteroatoms. The van der Waals surface area contributed by atoms with E-state index in [0.29, 0.717) is 55.7 Å². The van der Waals surface area contributed by atoms with Crippen molar-refractivity contribution in [3.63, 3.8) is 0 Å². The number of likely N-dealkylation sites (tertiary alicyclic amines) is 1. The molecule has 0 atom stereocenters. The second-order valence-electron chi connectivity index (χ2n) is 8.43. The molecule has 3 aliphatic rings. The van der Waals surface area contributed by atoms with E-state index in [1.807, 2.05) is 24.3 Å². The highest BCUT2D eigenvalue weighted by molar-refractivity contribution is 7.92. The van der Waals surface area contributed by atoms with Crippen LogP contribution < -0.4 is 14.9 Å². The lowest BCUT2D eigenvalue weighted by atomic mass is 9.92. The highest BCUT2D eigenvalue weighted by Gasteiger charge is 2.41. The summed E-state index contributed by atoms with van der Waals surface area (Å²) in [5.74, 6) is -0.166. The first-order valence-corrected chi connectivity index (χ1v) is 12.2. The van der Waals surface area contributed by atoms with Crippen LogP contribution in [0.3, 0.4) is 0 Å². The van der Waals surface area contributed by atoms with E-state index in [1.54, 1.807) is 23.1 Å². The Morgan fingerprint density at radius 2 is 1.77 bits per heavy atom. The van der Waals surface area contributed by atoms with Crippen LogP contribution in [0.1, 0.15) is 39.1 Å². The molecule has 0 bridgehead atoms. The van der Waals surface area contributed by atoms with Gasteiger partial charge in [-0.2, -0.15) is 0 Å². The van der Waals surface area contributed by atoms with Crippen LogP contribution in [0.5, 0.6) is 0 Å². The van der Waals surface area contributed by atoms with Gasteiger partial charge in [0.15, 0.2) is 0 Å². The second kappa shape index (κ2) is 6.98. The van der Waals surface area contributed by atoms with E-state index < -0.39 is 15.7 Å². The molecule has 0 radical (unpaired) electrons. The van der Waals surface area contributed by atoms with Gasteiger partial charge in [-0.05, 0) is 42.3 Å². The molecular formula is C22H24N4O4S. The van der Waals surface area contributed by atoms with Gasteiger partial charge >= 0.3 is 0 Å². The Balaban J connectivity index is 1.30. The van der Waals surface area contributed by atoms with E-state index in [2.05, 4.69) is 10.6 Å². The zero-order valence-electron chi connectivity index (χ0n) is 17.2. The number of para-hydroxylation sites is 1. The van der Waals surface area contributed by atoms with E-state index in [-0.39, 0.29) is 11.8 Å². The van der Waals surface area contributed by atoms with E-state index in [0.717, 1.165) is 11.3 Å². The molecule has 2 N–H and O–H groups in total. The smallest absolute Gasteiger partial charge is 0.255 e. The molecule has 3 heterocycles. The Kier molecular flexibility index (Phi) is 4.47. The van der Waals surface area contributed by atoms with Crippen molar-refractivity contribution in [2.24, 2.45) is 0 Å². The van der Waals surface area contributed by atoms with Crippen LogP contribution in [0.2, 0.25) is 0 Å². The number of hydrogen-bond acceptors (Lipinski definition) is 5. The number of nitrogens with zero attached hydrogens (tertiary/aromatic N) is 2. The van der Waals surface area contributed by atoms with Gasteiger partial charge in [-0.25, -0.2) is 8.42 Å². The molecule has 0 unspecified atom stereocenters. The van der Waals surface area contributed by atoms with Crippen LogP contribution in [-0.2, 0) is 16.4 Å². The van der Waals surface area contributed by atoms with Crippen molar-refractivity contribution in [1.82, 2.24) is 10.2 Å². The molecule has 0 aliphatic carbocycles. The number of fused-ring (bicyclic) bond motifs is 2. The molecule has 1 spiro atoms. The lowest BCUT2D eigenvalue weighted by Gasteiger charge is -2.45. The molecule has 0 aromatic heterocycles. The standard InChI is InChI=1S/C22H24N4O4S/c1-31(29,30)26-11-8-15-14-16(6-7-19(15)26)21(28)25-12-9-22(10-13-25)23-18-5-3-2-4-17(18)20(27)24-22/h2-7,14,23H,8-13H2,1H3,(H,24,27). The topological polar surface area (TPSA) is 98.8 Å². The monoisotopic (exact) mass is 440 g/mol. The van der Waals surface area contributed by atoms with E-state index in [4.69, 9.17) is 0 Å². The summed E-state index contributed by atoms with van der Waals surface area (Å²) in [6, 6.07) is 12.7. The molecule has 3 aliphatic heterocycles. The third-order valence-electron chi connectivity index (χ3n) is 6.38. The number of sulfonamides is 1. The van der Waals surface area contributed by atoms with Crippen molar-refractivity contribution in [3.05, 3.63) is 59.2 Å². The largest absolute Gasteiger partial charge is 0.362 e. The molecule has 1 saturated heterocycles. The number of piperidine rings is 1. The number of nitrogens with one attached hydrogen (secondary N) is 2. The molecular weight excluding hydrogens is 416 g/mol. The first-order chi connectivity index (χ1) is 14.8. The van der Waals surface area contributed by atoms with Gasteiger partial charge in [0.2, 0.25) is 10.0 Å². The van der Waals surface area contributed by atoms with Gasteiger partial charge in [0.1, 0.15) is 5.66 Å². The summed E-state index contributed by atoms with van der Waals surface area (Å²) in [6.45, 7) is 1.44.